The second-order valence-electron chi connectivity index (χ2n) is 4.22. The molecule has 2 heterocycles. The number of carboxylic acids is 1. The normalized spacial score (nSPS) is 11.2. The maximum Gasteiger partial charge on any atom is 0.308 e. The SMILES string of the molecule is CC(C)c1cc2ncc(CC(=O)O)c(=O)n2[nH]1. The number of carbonyl (C=O) groups is 1. The number of H-pyrrole nitrogens is 1. The van der Waals surface area contributed by atoms with E-state index in [-0.39, 0.29) is 23.5 Å². The smallest absolute Gasteiger partial charge is 0.308 e. The number of aliphatic carboxylic acids is 1. The second kappa shape index (κ2) is 4.04. The minimum atomic E-state index is -1.04. The molecular weight excluding hydrogens is 222 g/mol. The molecule has 0 unspecified atom stereocenters. The second-order valence-corrected chi connectivity index (χ2v) is 4.22. The van der Waals surface area contributed by atoms with Gasteiger partial charge in [0.25, 0.3) is 5.56 Å². The molecule has 6 heteroatoms. The molecule has 0 saturated carbocycles. The highest BCUT2D eigenvalue weighted by Gasteiger charge is 2.11. The zero-order valence-electron chi connectivity index (χ0n) is 9.60. The zero-order valence-corrected chi connectivity index (χ0v) is 9.60. The number of aromatic amines is 1. The van der Waals surface area contributed by atoms with Crippen molar-refractivity contribution in [1.29, 1.82) is 0 Å². The fourth-order valence-electron chi connectivity index (χ4n) is 1.59. The number of fused-ring (bicyclic) bond motifs is 1. The Bertz CT molecular complexity index is 624. The molecule has 6 nitrogen and oxygen atoms in total. The van der Waals surface area contributed by atoms with Crippen LogP contribution in [-0.4, -0.2) is 25.7 Å². The van der Waals surface area contributed by atoms with Crippen molar-refractivity contribution < 1.29 is 9.90 Å². The topological polar surface area (TPSA) is 87.5 Å². The van der Waals surface area contributed by atoms with E-state index < -0.39 is 5.97 Å². The van der Waals surface area contributed by atoms with E-state index in [2.05, 4.69) is 10.1 Å². The van der Waals surface area contributed by atoms with Gasteiger partial charge in [0.15, 0.2) is 5.65 Å². The van der Waals surface area contributed by atoms with E-state index in [9.17, 15) is 9.59 Å². The number of nitrogens with zero attached hydrogens (tertiary/aromatic N) is 2. The Morgan fingerprint density at radius 1 is 1.59 bits per heavy atom. The van der Waals surface area contributed by atoms with Gasteiger partial charge in [0, 0.05) is 23.5 Å². The first-order valence-electron chi connectivity index (χ1n) is 5.30. The van der Waals surface area contributed by atoms with E-state index >= 15 is 0 Å². The largest absolute Gasteiger partial charge is 0.481 e. The molecule has 0 aliphatic carbocycles. The molecule has 0 bridgehead atoms. The summed E-state index contributed by atoms with van der Waals surface area (Å²) in [6.07, 6.45) is 1.01. The van der Waals surface area contributed by atoms with Gasteiger partial charge >= 0.3 is 5.97 Å². The third kappa shape index (κ3) is 2.06. The van der Waals surface area contributed by atoms with Crippen LogP contribution in [0.5, 0.6) is 0 Å². The molecule has 2 N–H and O–H groups in total. The van der Waals surface area contributed by atoms with Crippen molar-refractivity contribution in [2.45, 2.75) is 26.2 Å². The Hall–Kier alpha value is -2.11. The lowest BCUT2D eigenvalue weighted by atomic mass is 10.1. The van der Waals surface area contributed by atoms with Gasteiger partial charge in [-0.05, 0) is 5.92 Å². The third-order valence-corrected chi connectivity index (χ3v) is 2.55. The molecule has 2 aromatic rings. The maximum atomic E-state index is 11.9. The van der Waals surface area contributed by atoms with E-state index in [0.29, 0.717) is 5.65 Å². The van der Waals surface area contributed by atoms with Crippen LogP contribution in [0.25, 0.3) is 5.65 Å². The summed E-state index contributed by atoms with van der Waals surface area (Å²) in [4.78, 5) is 26.6. The highest BCUT2D eigenvalue weighted by molar-refractivity contribution is 5.70. The molecule has 90 valence electrons. The predicted molar refractivity (Wildman–Crippen MR) is 61.2 cm³/mol. The number of hydrogen-bond acceptors (Lipinski definition) is 3. The minimum absolute atomic E-state index is 0.173. The van der Waals surface area contributed by atoms with Gasteiger partial charge in [-0.3, -0.25) is 14.7 Å². The van der Waals surface area contributed by atoms with E-state index in [0.717, 1.165) is 5.69 Å². The number of hydrogen-bond donors (Lipinski definition) is 2. The lowest BCUT2D eigenvalue weighted by molar-refractivity contribution is -0.136. The molecule has 2 aromatic heterocycles. The van der Waals surface area contributed by atoms with Gasteiger partial charge < -0.3 is 5.11 Å². The highest BCUT2D eigenvalue weighted by atomic mass is 16.4. The van der Waals surface area contributed by atoms with Crippen molar-refractivity contribution in [3.63, 3.8) is 0 Å². The van der Waals surface area contributed by atoms with E-state index in [1.54, 1.807) is 6.07 Å². The quantitative estimate of drug-likeness (QED) is 0.822. The van der Waals surface area contributed by atoms with Gasteiger partial charge in [-0.25, -0.2) is 9.50 Å². The Morgan fingerprint density at radius 2 is 2.29 bits per heavy atom. The van der Waals surface area contributed by atoms with Crippen molar-refractivity contribution in [3.8, 4) is 0 Å². The average molecular weight is 235 g/mol. The van der Waals surface area contributed by atoms with Gasteiger partial charge in [-0.1, -0.05) is 13.8 Å². The van der Waals surface area contributed by atoms with Crippen molar-refractivity contribution in [2.75, 3.05) is 0 Å². The zero-order chi connectivity index (χ0) is 12.6. The van der Waals surface area contributed by atoms with Gasteiger partial charge in [-0.2, -0.15) is 0 Å². The summed E-state index contributed by atoms with van der Waals surface area (Å²) in [7, 11) is 0. The highest BCUT2D eigenvalue weighted by Crippen LogP contribution is 2.12. The predicted octanol–water partition coefficient (Wildman–Crippen LogP) is 0.773. The standard InChI is InChI=1S/C11H13N3O3/c1-6(2)8-4-9-12-5-7(3-10(15)16)11(17)14(9)13-8/h4-6,13H,3H2,1-2H3,(H,15,16). The van der Waals surface area contributed by atoms with Crippen molar-refractivity contribution in [3.05, 3.63) is 33.9 Å². The van der Waals surface area contributed by atoms with Crippen LogP contribution in [0.2, 0.25) is 0 Å². The number of rotatable bonds is 3. The summed E-state index contributed by atoms with van der Waals surface area (Å²) in [5.74, 6) is -0.793. The molecule has 2 rings (SSSR count). The van der Waals surface area contributed by atoms with Crippen LogP contribution in [0.3, 0.4) is 0 Å². The maximum absolute atomic E-state index is 11.9. The number of nitrogens with one attached hydrogen (secondary N) is 1. The van der Waals surface area contributed by atoms with Crippen LogP contribution in [0.4, 0.5) is 0 Å². The molecule has 0 aliphatic rings. The Labute approximate surface area is 96.9 Å². The first kappa shape index (κ1) is 11.4. The molecule has 0 fully saturated rings. The van der Waals surface area contributed by atoms with E-state index in [1.165, 1.54) is 10.7 Å². The number of carboxylic acid groups (broad SMARTS) is 1. The van der Waals surface area contributed by atoms with Crippen molar-refractivity contribution in [1.82, 2.24) is 14.6 Å². The van der Waals surface area contributed by atoms with E-state index in [4.69, 9.17) is 5.11 Å². The summed E-state index contributed by atoms with van der Waals surface area (Å²) in [6.45, 7) is 3.99. The lowest BCUT2D eigenvalue weighted by Crippen LogP contribution is -2.21. The monoisotopic (exact) mass is 235 g/mol. The molecule has 0 saturated heterocycles. The molecule has 0 aliphatic heterocycles. The summed E-state index contributed by atoms with van der Waals surface area (Å²) < 4.78 is 1.29. The van der Waals surface area contributed by atoms with Crippen LogP contribution in [0.1, 0.15) is 31.0 Å². The molecule has 0 aromatic carbocycles. The van der Waals surface area contributed by atoms with Crippen LogP contribution in [-0.2, 0) is 11.2 Å². The fourth-order valence-corrected chi connectivity index (χ4v) is 1.59. The molecular formula is C11H13N3O3. The minimum Gasteiger partial charge on any atom is -0.481 e. The molecule has 17 heavy (non-hydrogen) atoms. The van der Waals surface area contributed by atoms with Gasteiger partial charge in [0.1, 0.15) is 0 Å². The summed E-state index contributed by atoms with van der Waals surface area (Å²) in [6, 6.07) is 1.79. The van der Waals surface area contributed by atoms with Crippen molar-refractivity contribution >= 4 is 11.6 Å². The van der Waals surface area contributed by atoms with Gasteiger partial charge in [0.05, 0.1) is 6.42 Å². The first-order chi connectivity index (χ1) is 7.99. The Kier molecular flexibility index (Phi) is 2.71. The first-order valence-corrected chi connectivity index (χ1v) is 5.30. The third-order valence-electron chi connectivity index (χ3n) is 2.55. The molecule has 0 spiro atoms. The summed E-state index contributed by atoms with van der Waals surface area (Å²) in [5.41, 5.74) is 1.21. The average Bonchev–Trinajstić information content (AvgIpc) is 2.66. The van der Waals surface area contributed by atoms with E-state index in [1.807, 2.05) is 13.8 Å². The van der Waals surface area contributed by atoms with Gasteiger partial charge in [0.2, 0.25) is 0 Å². The van der Waals surface area contributed by atoms with Crippen LogP contribution < -0.4 is 5.56 Å². The van der Waals surface area contributed by atoms with Crippen LogP contribution in [0, 0.1) is 0 Å². The summed E-state index contributed by atoms with van der Waals surface area (Å²) in [5, 5.41) is 11.6. The van der Waals surface area contributed by atoms with Crippen molar-refractivity contribution in [2.24, 2.45) is 0 Å². The molecule has 0 amide bonds. The Balaban J connectivity index is 2.59. The molecule has 0 radical (unpaired) electrons. The fraction of sp³-hybridized carbons (Fsp3) is 0.364. The van der Waals surface area contributed by atoms with Gasteiger partial charge in [-0.15, -0.1) is 0 Å². The van der Waals surface area contributed by atoms with Crippen LogP contribution >= 0.6 is 0 Å². The lowest BCUT2D eigenvalue weighted by Gasteiger charge is -1.98. The molecule has 0 atom stereocenters. The van der Waals surface area contributed by atoms with Crippen LogP contribution in [0.15, 0.2) is 17.1 Å². The Morgan fingerprint density at radius 3 is 2.88 bits per heavy atom. The number of aromatic nitrogens is 3. The summed E-state index contributed by atoms with van der Waals surface area (Å²) >= 11 is 0.